The molecule has 0 aliphatic heterocycles. The molecule has 4 heteroatoms. The van der Waals surface area contributed by atoms with Gasteiger partial charge in [-0.05, 0) is 35.0 Å². The average Bonchev–Trinajstić information content (AvgIpc) is 2.15. The molecule has 1 rings (SSSR count). The molecule has 0 radical (unpaired) electrons. The normalized spacial score (nSPS) is 11.9. The molecule has 0 aromatic heterocycles. The quantitative estimate of drug-likeness (QED) is 0.815. The number of rotatable bonds is 2. The van der Waals surface area contributed by atoms with E-state index in [1.54, 1.807) is 6.92 Å². The summed E-state index contributed by atoms with van der Waals surface area (Å²) < 4.78 is 18.7. The molecule has 0 bridgehead atoms. The third-order valence-electron chi connectivity index (χ3n) is 1.90. The first-order valence-electron chi connectivity index (χ1n) is 4.02. The van der Waals surface area contributed by atoms with Crippen LogP contribution >= 0.6 is 15.9 Å². The van der Waals surface area contributed by atoms with Crippen molar-refractivity contribution in [1.29, 1.82) is 5.26 Å². The summed E-state index contributed by atoms with van der Waals surface area (Å²) in [6.45, 7) is 1.70. The first-order valence-corrected chi connectivity index (χ1v) is 4.82. The summed E-state index contributed by atoms with van der Waals surface area (Å²) in [5, 5.41) is 8.75. The van der Waals surface area contributed by atoms with Gasteiger partial charge in [-0.25, -0.2) is 4.39 Å². The van der Waals surface area contributed by atoms with Crippen LogP contribution in [-0.2, 0) is 0 Å². The maximum Gasteiger partial charge on any atom is 0.137 e. The SMILES string of the molecule is COc1c(Br)cc(F)cc1C(C)C#N. The lowest BCUT2D eigenvalue weighted by Crippen LogP contribution is -1.97. The predicted octanol–water partition coefficient (Wildman–Crippen LogP) is 3.22. The summed E-state index contributed by atoms with van der Waals surface area (Å²) in [4.78, 5) is 0. The van der Waals surface area contributed by atoms with Crippen LogP contribution in [-0.4, -0.2) is 7.11 Å². The van der Waals surface area contributed by atoms with E-state index in [0.29, 0.717) is 15.8 Å². The van der Waals surface area contributed by atoms with E-state index in [9.17, 15) is 4.39 Å². The molecular formula is C10H9BrFNO. The molecule has 2 nitrogen and oxygen atoms in total. The Morgan fingerprint density at radius 2 is 2.21 bits per heavy atom. The summed E-state index contributed by atoms with van der Waals surface area (Å²) in [7, 11) is 1.49. The Morgan fingerprint density at radius 3 is 2.71 bits per heavy atom. The fraction of sp³-hybridized carbons (Fsp3) is 0.300. The average molecular weight is 258 g/mol. The van der Waals surface area contributed by atoms with E-state index < -0.39 is 5.92 Å². The summed E-state index contributed by atoms with van der Waals surface area (Å²) >= 11 is 3.18. The molecule has 1 aromatic rings. The Balaban J connectivity index is 3.33. The highest BCUT2D eigenvalue weighted by Gasteiger charge is 2.15. The van der Waals surface area contributed by atoms with E-state index in [0.717, 1.165) is 0 Å². The van der Waals surface area contributed by atoms with Gasteiger partial charge in [-0.1, -0.05) is 0 Å². The molecule has 0 aliphatic rings. The van der Waals surface area contributed by atoms with Crippen LogP contribution in [0.15, 0.2) is 16.6 Å². The molecule has 1 unspecified atom stereocenters. The molecule has 1 aromatic carbocycles. The minimum atomic E-state index is -0.392. The Bertz CT molecular complexity index is 386. The number of nitrogens with zero attached hydrogens (tertiary/aromatic N) is 1. The van der Waals surface area contributed by atoms with Crippen molar-refractivity contribution >= 4 is 15.9 Å². The van der Waals surface area contributed by atoms with Crippen LogP contribution in [0.5, 0.6) is 5.75 Å². The number of methoxy groups -OCH3 is 1. The van der Waals surface area contributed by atoms with Crippen LogP contribution < -0.4 is 4.74 Å². The highest BCUT2D eigenvalue weighted by molar-refractivity contribution is 9.10. The fourth-order valence-corrected chi connectivity index (χ4v) is 1.80. The lowest BCUT2D eigenvalue weighted by atomic mass is 10.0. The maximum atomic E-state index is 13.0. The predicted molar refractivity (Wildman–Crippen MR) is 54.7 cm³/mol. The largest absolute Gasteiger partial charge is 0.495 e. The molecule has 14 heavy (non-hydrogen) atoms. The van der Waals surface area contributed by atoms with E-state index in [1.165, 1.54) is 19.2 Å². The Labute approximate surface area is 90.4 Å². The second-order valence-corrected chi connectivity index (χ2v) is 3.72. The van der Waals surface area contributed by atoms with Crippen LogP contribution in [0.2, 0.25) is 0 Å². The first-order chi connectivity index (χ1) is 6.60. The van der Waals surface area contributed by atoms with E-state index >= 15 is 0 Å². The van der Waals surface area contributed by atoms with E-state index in [2.05, 4.69) is 15.9 Å². The molecule has 0 spiro atoms. The monoisotopic (exact) mass is 257 g/mol. The van der Waals surface area contributed by atoms with Gasteiger partial charge < -0.3 is 4.74 Å². The van der Waals surface area contributed by atoms with Crippen molar-refractivity contribution in [2.45, 2.75) is 12.8 Å². The summed E-state index contributed by atoms with van der Waals surface area (Å²) in [6, 6.07) is 4.67. The van der Waals surface area contributed by atoms with Crippen LogP contribution in [0, 0.1) is 17.1 Å². The van der Waals surface area contributed by atoms with Crippen LogP contribution in [0.4, 0.5) is 4.39 Å². The molecule has 74 valence electrons. The highest BCUT2D eigenvalue weighted by atomic mass is 79.9. The Hall–Kier alpha value is -1.08. The van der Waals surface area contributed by atoms with E-state index in [1.807, 2.05) is 6.07 Å². The van der Waals surface area contributed by atoms with E-state index in [-0.39, 0.29) is 5.82 Å². The van der Waals surface area contributed by atoms with Crippen molar-refractivity contribution in [3.05, 3.63) is 28.0 Å². The number of halogens is 2. The lowest BCUT2D eigenvalue weighted by Gasteiger charge is -2.11. The van der Waals surface area contributed by atoms with Gasteiger partial charge in [-0.2, -0.15) is 5.26 Å². The number of hydrogen-bond donors (Lipinski definition) is 0. The molecule has 0 N–H and O–H groups in total. The second kappa shape index (κ2) is 4.43. The third kappa shape index (κ3) is 2.05. The van der Waals surface area contributed by atoms with Crippen LogP contribution in [0.3, 0.4) is 0 Å². The smallest absolute Gasteiger partial charge is 0.137 e. The van der Waals surface area contributed by atoms with Crippen LogP contribution in [0.1, 0.15) is 18.4 Å². The van der Waals surface area contributed by atoms with E-state index in [4.69, 9.17) is 10.00 Å². The molecule has 0 fully saturated rings. The van der Waals surface area contributed by atoms with Gasteiger partial charge in [-0.3, -0.25) is 0 Å². The van der Waals surface area contributed by atoms with Crippen LogP contribution in [0.25, 0.3) is 0 Å². The minimum Gasteiger partial charge on any atom is -0.495 e. The number of ether oxygens (including phenoxy) is 1. The van der Waals surface area contributed by atoms with Gasteiger partial charge in [0.05, 0.1) is 23.6 Å². The number of nitriles is 1. The van der Waals surface area contributed by atoms with Gasteiger partial charge >= 0.3 is 0 Å². The Kier molecular flexibility index (Phi) is 3.48. The van der Waals surface area contributed by atoms with Crippen molar-refractivity contribution in [2.75, 3.05) is 7.11 Å². The molecule has 0 saturated heterocycles. The van der Waals surface area contributed by atoms with Crippen molar-refractivity contribution < 1.29 is 9.13 Å². The lowest BCUT2D eigenvalue weighted by molar-refractivity contribution is 0.404. The summed E-state index contributed by atoms with van der Waals surface area (Å²) in [5.41, 5.74) is 0.557. The third-order valence-corrected chi connectivity index (χ3v) is 2.49. The first kappa shape index (κ1) is 11.0. The van der Waals surface area contributed by atoms with Gasteiger partial charge in [0.15, 0.2) is 0 Å². The topological polar surface area (TPSA) is 33.0 Å². The number of benzene rings is 1. The Morgan fingerprint density at radius 1 is 1.57 bits per heavy atom. The highest BCUT2D eigenvalue weighted by Crippen LogP contribution is 2.34. The number of hydrogen-bond acceptors (Lipinski definition) is 2. The standard InChI is InChI=1S/C10H9BrFNO/c1-6(5-13)8-3-7(12)4-9(11)10(8)14-2/h3-4,6H,1-2H3. The second-order valence-electron chi connectivity index (χ2n) is 2.86. The molecular weight excluding hydrogens is 249 g/mol. The van der Waals surface area contributed by atoms with Crippen molar-refractivity contribution in [1.82, 2.24) is 0 Å². The molecule has 0 heterocycles. The van der Waals surface area contributed by atoms with Crippen molar-refractivity contribution in [3.63, 3.8) is 0 Å². The molecule has 0 aliphatic carbocycles. The summed E-state index contributed by atoms with van der Waals surface area (Å²) in [6.07, 6.45) is 0. The zero-order valence-electron chi connectivity index (χ0n) is 7.84. The zero-order chi connectivity index (χ0) is 10.7. The zero-order valence-corrected chi connectivity index (χ0v) is 9.43. The maximum absolute atomic E-state index is 13.0. The molecule has 0 amide bonds. The van der Waals surface area contributed by atoms with Gasteiger partial charge in [0, 0.05) is 5.56 Å². The summed E-state index contributed by atoms with van der Waals surface area (Å²) in [5.74, 6) is -0.257. The van der Waals surface area contributed by atoms with Gasteiger partial charge in [0.2, 0.25) is 0 Å². The van der Waals surface area contributed by atoms with Gasteiger partial charge in [0.25, 0.3) is 0 Å². The van der Waals surface area contributed by atoms with Crippen molar-refractivity contribution in [2.24, 2.45) is 0 Å². The van der Waals surface area contributed by atoms with Gasteiger partial charge in [-0.15, -0.1) is 0 Å². The van der Waals surface area contributed by atoms with Crippen molar-refractivity contribution in [3.8, 4) is 11.8 Å². The molecule has 1 atom stereocenters. The van der Waals surface area contributed by atoms with Gasteiger partial charge in [0.1, 0.15) is 11.6 Å². The fourth-order valence-electron chi connectivity index (χ4n) is 1.19. The minimum absolute atomic E-state index is 0.380. The molecule has 0 saturated carbocycles.